The molecule has 1 amide bonds. The van der Waals surface area contributed by atoms with Crippen LogP contribution in [0.1, 0.15) is 12.8 Å². The molecule has 2 heterocycles. The molecule has 152 valence electrons. The summed E-state index contributed by atoms with van der Waals surface area (Å²) in [7, 11) is 1.59. The number of ether oxygens (including phenoxy) is 3. The second-order valence-corrected chi connectivity index (χ2v) is 7.75. The maximum Gasteiger partial charge on any atom is 0.274 e. The summed E-state index contributed by atoms with van der Waals surface area (Å²) >= 11 is 1.34. The molecular weight excluding hydrogens is 395 g/mol. The van der Waals surface area contributed by atoms with Crippen molar-refractivity contribution in [2.24, 2.45) is 0 Å². The minimum Gasteiger partial charge on any atom is -0.497 e. The van der Waals surface area contributed by atoms with Gasteiger partial charge >= 0.3 is 0 Å². The van der Waals surface area contributed by atoms with Crippen LogP contribution in [0.3, 0.4) is 0 Å². The minimum absolute atomic E-state index is 0.0104. The van der Waals surface area contributed by atoms with Crippen molar-refractivity contribution in [3.8, 4) is 16.7 Å². The van der Waals surface area contributed by atoms with Gasteiger partial charge in [0.15, 0.2) is 6.61 Å². The predicted octanol–water partition coefficient (Wildman–Crippen LogP) is 3.89. The van der Waals surface area contributed by atoms with Crippen LogP contribution in [-0.4, -0.2) is 48.7 Å². The number of likely N-dealkylation sites (tertiary alicyclic amines) is 1. The number of thiazole rings is 1. The zero-order valence-electron chi connectivity index (χ0n) is 16.0. The van der Waals surface area contributed by atoms with E-state index in [0.717, 1.165) is 23.1 Å². The number of carbonyl (C=O) groups is 1. The molecule has 1 aromatic heterocycles. The number of carbonyl (C=O) groups excluding carboxylic acids is 1. The first-order valence-corrected chi connectivity index (χ1v) is 10.2. The van der Waals surface area contributed by atoms with E-state index in [1.54, 1.807) is 30.2 Å². The van der Waals surface area contributed by atoms with Crippen LogP contribution in [-0.2, 0) is 4.79 Å². The largest absolute Gasteiger partial charge is 0.497 e. The number of fused-ring (bicyclic) bond motifs is 1. The third-order valence-corrected chi connectivity index (χ3v) is 5.71. The maximum atomic E-state index is 13.3. The number of methoxy groups -OCH3 is 1. The van der Waals surface area contributed by atoms with Crippen molar-refractivity contribution in [2.75, 3.05) is 26.8 Å². The molecular formula is C21H21FN2O4S. The van der Waals surface area contributed by atoms with E-state index in [-0.39, 0.29) is 24.4 Å². The van der Waals surface area contributed by atoms with Gasteiger partial charge in [0.1, 0.15) is 23.4 Å². The molecule has 0 bridgehead atoms. The average Bonchev–Trinajstić information content (AvgIpc) is 3.14. The van der Waals surface area contributed by atoms with Crippen molar-refractivity contribution < 1.29 is 23.4 Å². The molecule has 0 atom stereocenters. The Hall–Kier alpha value is -2.87. The number of amides is 1. The Morgan fingerprint density at radius 1 is 1.21 bits per heavy atom. The molecule has 1 aliphatic heterocycles. The third-order valence-electron chi connectivity index (χ3n) is 4.80. The number of hydrogen-bond acceptors (Lipinski definition) is 6. The lowest BCUT2D eigenvalue weighted by Crippen LogP contribution is -2.43. The fourth-order valence-electron chi connectivity index (χ4n) is 3.22. The molecule has 0 unspecified atom stereocenters. The van der Waals surface area contributed by atoms with Gasteiger partial charge in [-0.1, -0.05) is 17.4 Å². The topological polar surface area (TPSA) is 60.9 Å². The van der Waals surface area contributed by atoms with Crippen LogP contribution in [0, 0.1) is 5.82 Å². The highest BCUT2D eigenvalue weighted by atomic mass is 32.1. The quantitative estimate of drug-likeness (QED) is 0.610. The number of rotatable bonds is 6. The van der Waals surface area contributed by atoms with Gasteiger partial charge in [-0.25, -0.2) is 9.37 Å². The Bertz CT molecular complexity index is 1000. The Balaban J connectivity index is 1.26. The number of piperidine rings is 1. The van der Waals surface area contributed by atoms with E-state index < -0.39 is 0 Å². The average molecular weight is 416 g/mol. The Labute approximate surface area is 171 Å². The molecule has 3 aromatic rings. The van der Waals surface area contributed by atoms with Crippen LogP contribution < -0.4 is 14.2 Å². The highest BCUT2D eigenvalue weighted by Gasteiger charge is 2.25. The van der Waals surface area contributed by atoms with Crippen LogP contribution in [0.2, 0.25) is 0 Å². The summed E-state index contributed by atoms with van der Waals surface area (Å²) < 4.78 is 30.8. The first-order chi connectivity index (χ1) is 14.1. The SMILES string of the molecule is COc1cccc(OCC(=O)N2CCC(Oc3nc4ccc(F)cc4s3)CC2)c1. The molecule has 0 aliphatic carbocycles. The van der Waals surface area contributed by atoms with Crippen molar-refractivity contribution in [2.45, 2.75) is 18.9 Å². The summed E-state index contributed by atoms with van der Waals surface area (Å²) in [6, 6.07) is 11.7. The van der Waals surface area contributed by atoms with Gasteiger partial charge in [-0.3, -0.25) is 4.79 Å². The summed E-state index contributed by atoms with van der Waals surface area (Å²) in [6.45, 7) is 1.19. The zero-order chi connectivity index (χ0) is 20.2. The Kier molecular flexibility index (Phi) is 5.80. The molecule has 1 aliphatic rings. The number of nitrogens with zero attached hydrogens (tertiary/aromatic N) is 2. The summed E-state index contributed by atoms with van der Waals surface area (Å²) in [5, 5.41) is 0.539. The summed E-state index contributed by atoms with van der Waals surface area (Å²) in [6.07, 6.45) is 1.42. The van der Waals surface area contributed by atoms with E-state index in [1.165, 1.54) is 23.5 Å². The van der Waals surface area contributed by atoms with Gasteiger partial charge in [-0.2, -0.15) is 0 Å². The minimum atomic E-state index is -0.282. The predicted molar refractivity (Wildman–Crippen MR) is 108 cm³/mol. The molecule has 29 heavy (non-hydrogen) atoms. The number of aromatic nitrogens is 1. The molecule has 2 aromatic carbocycles. The van der Waals surface area contributed by atoms with Crippen molar-refractivity contribution in [3.63, 3.8) is 0 Å². The smallest absolute Gasteiger partial charge is 0.274 e. The highest BCUT2D eigenvalue weighted by molar-refractivity contribution is 7.20. The van der Waals surface area contributed by atoms with E-state index in [4.69, 9.17) is 14.2 Å². The lowest BCUT2D eigenvalue weighted by Gasteiger charge is -2.31. The first kappa shape index (κ1) is 19.4. The van der Waals surface area contributed by atoms with E-state index in [1.807, 2.05) is 12.1 Å². The van der Waals surface area contributed by atoms with Gasteiger partial charge in [-0.05, 0) is 30.3 Å². The summed E-state index contributed by atoms with van der Waals surface area (Å²) in [5.41, 5.74) is 0.730. The van der Waals surface area contributed by atoms with Crippen molar-refractivity contribution >= 4 is 27.5 Å². The molecule has 0 spiro atoms. The number of benzene rings is 2. The van der Waals surface area contributed by atoms with E-state index in [2.05, 4.69) is 4.98 Å². The van der Waals surface area contributed by atoms with Crippen LogP contribution in [0.5, 0.6) is 16.7 Å². The Morgan fingerprint density at radius 3 is 2.79 bits per heavy atom. The van der Waals surface area contributed by atoms with Crippen LogP contribution >= 0.6 is 11.3 Å². The first-order valence-electron chi connectivity index (χ1n) is 9.38. The number of hydrogen-bond donors (Lipinski definition) is 0. The van der Waals surface area contributed by atoms with E-state index in [9.17, 15) is 9.18 Å². The molecule has 1 saturated heterocycles. The van der Waals surface area contributed by atoms with Gasteiger partial charge in [0.2, 0.25) is 0 Å². The summed E-state index contributed by atoms with van der Waals surface area (Å²) in [5.74, 6) is 0.950. The summed E-state index contributed by atoms with van der Waals surface area (Å²) in [4.78, 5) is 18.6. The van der Waals surface area contributed by atoms with E-state index in [0.29, 0.717) is 29.8 Å². The van der Waals surface area contributed by atoms with Crippen LogP contribution in [0.4, 0.5) is 4.39 Å². The fraction of sp³-hybridized carbons (Fsp3) is 0.333. The maximum absolute atomic E-state index is 13.3. The van der Waals surface area contributed by atoms with Crippen molar-refractivity contribution in [1.82, 2.24) is 9.88 Å². The van der Waals surface area contributed by atoms with Gasteiger partial charge in [-0.15, -0.1) is 0 Å². The van der Waals surface area contributed by atoms with Gasteiger partial charge in [0.25, 0.3) is 11.1 Å². The van der Waals surface area contributed by atoms with Gasteiger partial charge in [0.05, 0.1) is 17.3 Å². The second-order valence-electron chi connectivity index (χ2n) is 6.76. The van der Waals surface area contributed by atoms with Crippen LogP contribution in [0.25, 0.3) is 10.2 Å². The molecule has 0 N–H and O–H groups in total. The van der Waals surface area contributed by atoms with Gasteiger partial charge < -0.3 is 19.1 Å². The number of halogens is 1. The highest BCUT2D eigenvalue weighted by Crippen LogP contribution is 2.30. The van der Waals surface area contributed by atoms with Crippen molar-refractivity contribution in [1.29, 1.82) is 0 Å². The third kappa shape index (κ3) is 4.76. The standard InChI is InChI=1S/C21H21FN2O4S/c1-26-16-3-2-4-17(12-16)27-13-20(25)24-9-7-15(8-10-24)28-21-23-18-6-5-14(22)11-19(18)29-21/h2-6,11-12,15H,7-10,13H2,1H3. The Morgan fingerprint density at radius 2 is 2.00 bits per heavy atom. The molecule has 1 fully saturated rings. The van der Waals surface area contributed by atoms with Gasteiger partial charge in [0, 0.05) is 32.0 Å². The normalized spacial score (nSPS) is 14.8. The van der Waals surface area contributed by atoms with E-state index >= 15 is 0 Å². The monoisotopic (exact) mass is 416 g/mol. The lowest BCUT2D eigenvalue weighted by molar-refractivity contribution is -0.135. The fourth-order valence-corrected chi connectivity index (χ4v) is 4.13. The zero-order valence-corrected chi connectivity index (χ0v) is 16.8. The van der Waals surface area contributed by atoms with Crippen molar-refractivity contribution in [3.05, 3.63) is 48.3 Å². The molecule has 4 rings (SSSR count). The second kappa shape index (κ2) is 8.65. The molecule has 0 saturated carbocycles. The molecule has 8 heteroatoms. The molecule has 0 radical (unpaired) electrons. The lowest BCUT2D eigenvalue weighted by atomic mass is 10.1. The molecule has 6 nitrogen and oxygen atoms in total. The van der Waals surface area contributed by atoms with Crippen LogP contribution in [0.15, 0.2) is 42.5 Å².